The fourth-order valence-electron chi connectivity index (χ4n) is 6.29. The molecule has 4 aliphatic carbocycles. The van der Waals surface area contributed by atoms with E-state index in [4.69, 9.17) is 4.98 Å². The Morgan fingerprint density at radius 1 is 0.727 bits per heavy atom. The first kappa shape index (κ1) is 12.9. The summed E-state index contributed by atoms with van der Waals surface area (Å²) < 4.78 is 0. The maximum Gasteiger partial charge on any atom is 0.0514 e. The van der Waals surface area contributed by atoms with E-state index in [0.29, 0.717) is 0 Å². The van der Waals surface area contributed by atoms with E-state index < -0.39 is 0 Å². The van der Waals surface area contributed by atoms with E-state index in [-0.39, 0.29) is 5.41 Å². The lowest BCUT2D eigenvalue weighted by Crippen LogP contribution is -2.56. The van der Waals surface area contributed by atoms with Crippen molar-refractivity contribution in [3.63, 3.8) is 0 Å². The monoisotopic (exact) mass is 289 g/mol. The first-order valence-electron chi connectivity index (χ1n) is 8.84. The van der Waals surface area contributed by atoms with Crippen molar-refractivity contribution in [1.82, 2.24) is 4.98 Å². The van der Waals surface area contributed by atoms with Gasteiger partial charge in [0.1, 0.15) is 0 Å². The number of hydrogen-bond donors (Lipinski definition) is 0. The maximum absolute atomic E-state index is 4.87. The molecule has 0 N–H and O–H groups in total. The van der Waals surface area contributed by atoms with Crippen LogP contribution in [0.4, 0.5) is 0 Å². The molecule has 6 rings (SSSR count). The van der Waals surface area contributed by atoms with Crippen molar-refractivity contribution in [2.45, 2.75) is 37.5 Å². The third-order valence-corrected chi connectivity index (χ3v) is 6.77. The van der Waals surface area contributed by atoms with Crippen LogP contribution in [0.1, 0.15) is 43.4 Å². The third kappa shape index (κ3) is 1.63. The van der Waals surface area contributed by atoms with E-state index in [1.54, 1.807) is 0 Å². The standard InChI is InChI=1S/C21H23N/c1-2-6-17(7-3-1)21(20-8-4-5-9-22-20)18-11-15-10-16(13-18)14-19(21)12-15/h1-9,15-16,18-19H,10-14H2. The second kappa shape index (κ2) is 4.68. The molecule has 2 aromatic rings. The normalized spacial score (nSPS) is 39.1. The van der Waals surface area contributed by atoms with Crippen molar-refractivity contribution < 1.29 is 0 Å². The number of benzene rings is 1. The molecule has 1 aromatic heterocycles. The number of pyridine rings is 1. The van der Waals surface area contributed by atoms with Crippen molar-refractivity contribution in [2.24, 2.45) is 23.7 Å². The van der Waals surface area contributed by atoms with Gasteiger partial charge in [-0.2, -0.15) is 0 Å². The van der Waals surface area contributed by atoms with Crippen LogP contribution in [0.5, 0.6) is 0 Å². The molecule has 0 amide bonds. The van der Waals surface area contributed by atoms with Gasteiger partial charge in [0.15, 0.2) is 0 Å². The smallest absolute Gasteiger partial charge is 0.0514 e. The van der Waals surface area contributed by atoms with Crippen LogP contribution in [0.3, 0.4) is 0 Å². The SMILES string of the molecule is c1ccc(C2(c3ccccn3)C3CC4CC(C3)CC2C4)cc1. The van der Waals surface area contributed by atoms with Gasteiger partial charge in [0.25, 0.3) is 0 Å². The lowest BCUT2D eigenvalue weighted by molar-refractivity contribution is -0.0435. The number of rotatable bonds is 2. The van der Waals surface area contributed by atoms with Gasteiger partial charge in [0, 0.05) is 11.6 Å². The molecule has 0 unspecified atom stereocenters. The van der Waals surface area contributed by atoms with Crippen LogP contribution >= 0.6 is 0 Å². The first-order chi connectivity index (χ1) is 10.9. The summed E-state index contributed by atoms with van der Waals surface area (Å²) in [6.07, 6.45) is 9.15. The Balaban J connectivity index is 1.74. The predicted octanol–water partition coefficient (Wildman–Crippen LogP) is 4.82. The molecule has 1 nitrogen and oxygen atoms in total. The molecule has 0 spiro atoms. The van der Waals surface area contributed by atoms with E-state index in [2.05, 4.69) is 48.5 Å². The topological polar surface area (TPSA) is 12.9 Å². The van der Waals surface area contributed by atoms with Crippen molar-refractivity contribution in [3.05, 3.63) is 66.0 Å². The van der Waals surface area contributed by atoms with Crippen LogP contribution in [0.2, 0.25) is 0 Å². The van der Waals surface area contributed by atoms with Crippen LogP contribution < -0.4 is 0 Å². The zero-order valence-corrected chi connectivity index (χ0v) is 13.0. The summed E-state index contributed by atoms with van der Waals surface area (Å²) in [5.41, 5.74) is 3.02. The van der Waals surface area contributed by atoms with Crippen molar-refractivity contribution in [3.8, 4) is 0 Å². The van der Waals surface area contributed by atoms with Crippen LogP contribution in [0.15, 0.2) is 54.7 Å². The lowest BCUT2D eigenvalue weighted by atomic mass is 9.43. The Hall–Kier alpha value is -1.63. The van der Waals surface area contributed by atoms with Gasteiger partial charge >= 0.3 is 0 Å². The molecule has 4 bridgehead atoms. The van der Waals surface area contributed by atoms with Crippen molar-refractivity contribution in [2.75, 3.05) is 0 Å². The Morgan fingerprint density at radius 3 is 1.95 bits per heavy atom. The summed E-state index contributed by atoms with van der Waals surface area (Å²) in [6.45, 7) is 0. The van der Waals surface area contributed by atoms with Gasteiger partial charge in [-0.15, -0.1) is 0 Å². The molecule has 1 heteroatoms. The fourth-order valence-corrected chi connectivity index (χ4v) is 6.29. The molecule has 0 aliphatic heterocycles. The van der Waals surface area contributed by atoms with Gasteiger partial charge < -0.3 is 0 Å². The average molecular weight is 289 g/mol. The van der Waals surface area contributed by atoms with Crippen LogP contribution in [0.25, 0.3) is 0 Å². The molecular weight excluding hydrogens is 266 g/mol. The molecule has 1 aromatic carbocycles. The Morgan fingerprint density at radius 2 is 1.36 bits per heavy atom. The van der Waals surface area contributed by atoms with E-state index >= 15 is 0 Å². The van der Waals surface area contributed by atoms with Crippen molar-refractivity contribution >= 4 is 0 Å². The van der Waals surface area contributed by atoms with E-state index in [9.17, 15) is 0 Å². The molecule has 4 fully saturated rings. The summed E-state index contributed by atoms with van der Waals surface area (Å²) in [4.78, 5) is 4.87. The first-order valence-corrected chi connectivity index (χ1v) is 8.84. The Bertz CT molecular complexity index is 591. The van der Waals surface area contributed by atoms with Crippen LogP contribution in [0, 0.1) is 23.7 Å². The molecule has 1 heterocycles. The van der Waals surface area contributed by atoms with Gasteiger partial charge in [-0.05, 0) is 73.5 Å². The zero-order chi connectivity index (χ0) is 14.6. The summed E-state index contributed by atoms with van der Waals surface area (Å²) in [5, 5.41) is 0. The van der Waals surface area contributed by atoms with Gasteiger partial charge in [0.2, 0.25) is 0 Å². The van der Waals surface area contributed by atoms with Crippen molar-refractivity contribution in [1.29, 1.82) is 0 Å². The third-order valence-electron chi connectivity index (χ3n) is 6.77. The minimum atomic E-state index is 0.177. The minimum Gasteiger partial charge on any atom is -0.260 e. The lowest BCUT2D eigenvalue weighted by Gasteiger charge is -2.61. The highest BCUT2D eigenvalue weighted by Crippen LogP contribution is 2.64. The molecule has 4 saturated carbocycles. The largest absolute Gasteiger partial charge is 0.260 e. The van der Waals surface area contributed by atoms with Crippen LogP contribution in [-0.2, 0) is 5.41 Å². The fraction of sp³-hybridized carbons (Fsp3) is 0.476. The van der Waals surface area contributed by atoms with Crippen LogP contribution in [-0.4, -0.2) is 4.98 Å². The summed E-state index contributed by atoms with van der Waals surface area (Å²) >= 11 is 0. The Labute approximate surface area is 132 Å². The molecule has 0 saturated heterocycles. The van der Waals surface area contributed by atoms with E-state index in [0.717, 1.165) is 23.7 Å². The minimum absolute atomic E-state index is 0.177. The summed E-state index contributed by atoms with van der Waals surface area (Å²) in [6, 6.07) is 17.8. The molecule has 4 aliphatic rings. The second-order valence-corrected chi connectivity index (χ2v) is 7.75. The molecule has 0 radical (unpaired) electrons. The highest BCUT2D eigenvalue weighted by molar-refractivity contribution is 5.40. The number of aromatic nitrogens is 1. The maximum atomic E-state index is 4.87. The van der Waals surface area contributed by atoms with Gasteiger partial charge in [-0.25, -0.2) is 0 Å². The summed E-state index contributed by atoms with van der Waals surface area (Å²) in [7, 11) is 0. The summed E-state index contributed by atoms with van der Waals surface area (Å²) in [5.74, 6) is 3.56. The molecule has 112 valence electrons. The highest BCUT2D eigenvalue weighted by Gasteiger charge is 2.59. The zero-order valence-electron chi connectivity index (χ0n) is 13.0. The van der Waals surface area contributed by atoms with Gasteiger partial charge in [0.05, 0.1) is 5.69 Å². The quantitative estimate of drug-likeness (QED) is 0.772. The average Bonchev–Trinajstić information content (AvgIpc) is 2.56. The highest BCUT2D eigenvalue weighted by atomic mass is 14.8. The van der Waals surface area contributed by atoms with E-state index in [1.807, 2.05) is 6.20 Å². The van der Waals surface area contributed by atoms with Gasteiger partial charge in [-0.3, -0.25) is 4.98 Å². The van der Waals surface area contributed by atoms with E-state index in [1.165, 1.54) is 43.4 Å². The van der Waals surface area contributed by atoms with Gasteiger partial charge in [-0.1, -0.05) is 36.4 Å². The second-order valence-electron chi connectivity index (χ2n) is 7.75. The molecule has 22 heavy (non-hydrogen) atoms. The predicted molar refractivity (Wildman–Crippen MR) is 88.5 cm³/mol. The number of hydrogen-bond acceptors (Lipinski definition) is 1. The molecule has 0 atom stereocenters. The Kier molecular flexibility index (Phi) is 2.74. The number of nitrogens with zero attached hydrogens (tertiary/aromatic N) is 1. The molecular formula is C21H23N.